The first-order chi connectivity index (χ1) is 9.35. The van der Waals surface area contributed by atoms with E-state index in [1.165, 1.54) is 7.11 Å². The fourth-order valence-electron chi connectivity index (χ4n) is 1.84. The maximum Gasteiger partial charge on any atom is 0.184 e. The molecule has 3 heteroatoms. The van der Waals surface area contributed by atoms with E-state index in [-0.39, 0.29) is 0 Å². The highest BCUT2D eigenvalue weighted by Gasteiger charge is 2.24. The van der Waals surface area contributed by atoms with Crippen LogP contribution in [0.5, 0.6) is 5.75 Å². The van der Waals surface area contributed by atoms with Gasteiger partial charge in [-0.3, -0.25) is 0 Å². The second-order valence-electron chi connectivity index (χ2n) is 4.05. The molecule has 2 aromatic carbocycles. The van der Waals surface area contributed by atoms with Crippen molar-refractivity contribution in [2.75, 3.05) is 7.11 Å². The van der Waals surface area contributed by atoms with Gasteiger partial charge < -0.3 is 9.47 Å². The van der Waals surface area contributed by atoms with Crippen LogP contribution in [-0.4, -0.2) is 13.2 Å². The Morgan fingerprint density at radius 1 is 0.947 bits per heavy atom. The van der Waals surface area contributed by atoms with Crippen LogP contribution in [-0.2, 0) is 4.74 Å². The highest BCUT2D eigenvalue weighted by molar-refractivity contribution is 5.26. The van der Waals surface area contributed by atoms with Gasteiger partial charge in [0.1, 0.15) is 5.75 Å². The third-order valence-electron chi connectivity index (χ3n) is 2.79. The fourth-order valence-corrected chi connectivity index (χ4v) is 1.84. The maximum atomic E-state index is 9.18. The Balaban J connectivity index is 2.28. The summed E-state index contributed by atoms with van der Waals surface area (Å²) in [4.78, 5) is 0. The van der Waals surface area contributed by atoms with E-state index < -0.39 is 12.2 Å². The zero-order valence-electron chi connectivity index (χ0n) is 10.7. The molecule has 0 aliphatic heterocycles. The van der Waals surface area contributed by atoms with Crippen molar-refractivity contribution in [1.82, 2.24) is 0 Å². The summed E-state index contributed by atoms with van der Waals surface area (Å²) in [7, 11) is 1.51. The quantitative estimate of drug-likeness (QED) is 0.820. The molecule has 0 heterocycles. The largest absolute Gasteiger partial charge is 0.482 e. The molecule has 0 aromatic heterocycles. The monoisotopic (exact) mass is 253 g/mol. The summed E-state index contributed by atoms with van der Waals surface area (Å²) in [6.07, 6.45) is -1.10. The van der Waals surface area contributed by atoms with Crippen LogP contribution in [0.2, 0.25) is 0 Å². The minimum absolute atomic E-state index is 0.446. The number of hydrogen-bond donors (Lipinski definition) is 0. The van der Waals surface area contributed by atoms with E-state index in [9.17, 15) is 5.26 Å². The normalized spacial score (nSPS) is 13.3. The molecule has 2 aromatic rings. The third-order valence-corrected chi connectivity index (χ3v) is 2.79. The van der Waals surface area contributed by atoms with E-state index >= 15 is 0 Å². The van der Waals surface area contributed by atoms with Crippen LogP contribution in [0.4, 0.5) is 0 Å². The van der Waals surface area contributed by atoms with Crippen molar-refractivity contribution in [3.63, 3.8) is 0 Å². The van der Waals surface area contributed by atoms with Crippen LogP contribution < -0.4 is 4.74 Å². The summed E-state index contributed by atoms with van der Waals surface area (Å²) in [6.45, 7) is 0. The highest BCUT2D eigenvalue weighted by atomic mass is 16.5. The average Bonchev–Trinajstić information content (AvgIpc) is 2.49. The van der Waals surface area contributed by atoms with E-state index in [0.717, 1.165) is 5.56 Å². The summed E-state index contributed by atoms with van der Waals surface area (Å²) < 4.78 is 11.1. The first-order valence-electron chi connectivity index (χ1n) is 6.04. The topological polar surface area (TPSA) is 42.2 Å². The lowest BCUT2D eigenvalue weighted by atomic mass is 10.0. The van der Waals surface area contributed by atoms with E-state index in [4.69, 9.17) is 9.47 Å². The minimum Gasteiger partial charge on any atom is -0.482 e. The van der Waals surface area contributed by atoms with E-state index in [2.05, 4.69) is 6.07 Å². The Labute approximate surface area is 113 Å². The van der Waals surface area contributed by atoms with Crippen LogP contribution in [0.1, 0.15) is 11.7 Å². The van der Waals surface area contributed by atoms with Gasteiger partial charge >= 0.3 is 0 Å². The van der Waals surface area contributed by atoms with Gasteiger partial charge in [0.25, 0.3) is 0 Å². The summed E-state index contributed by atoms with van der Waals surface area (Å²) in [6, 6.07) is 21.2. The molecule has 2 unspecified atom stereocenters. The summed E-state index contributed by atoms with van der Waals surface area (Å²) in [5.41, 5.74) is 0.916. The smallest absolute Gasteiger partial charge is 0.184 e. The summed E-state index contributed by atoms with van der Waals surface area (Å²) in [5.74, 6) is 0.716. The second kappa shape index (κ2) is 6.58. The number of para-hydroxylation sites is 1. The highest BCUT2D eigenvalue weighted by Crippen LogP contribution is 2.25. The SMILES string of the molecule is COC(C#N)C(Oc1ccccc1)c1ccccc1. The summed E-state index contributed by atoms with van der Waals surface area (Å²) >= 11 is 0. The van der Waals surface area contributed by atoms with Crippen LogP contribution >= 0.6 is 0 Å². The number of methoxy groups -OCH3 is 1. The van der Waals surface area contributed by atoms with Crippen molar-refractivity contribution in [3.05, 3.63) is 66.2 Å². The minimum atomic E-state index is -0.650. The van der Waals surface area contributed by atoms with E-state index in [0.29, 0.717) is 5.75 Å². The molecule has 0 saturated carbocycles. The zero-order valence-corrected chi connectivity index (χ0v) is 10.7. The molecule has 0 radical (unpaired) electrons. The van der Waals surface area contributed by atoms with Gasteiger partial charge in [0, 0.05) is 7.11 Å². The molecule has 3 nitrogen and oxygen atoms in total. The number of nitriles is 1. The molecule has 0 bridgehead atoms. The van der Waals surface area contributed by atoms with E-state index in [1.54, 1.807) is 0 Å². The molecule has 0 N–H and O–H groups in total. The van der Waals surface area contributed by atoms with Gasteiger partial charge in [0.2, 0.25) is 0 Å². The van der Waals surface area contributed by atoms with Crippen molar-refractivity contribution < 1.29 is 9.47 Å². The van der Waals surface area contributed by atoms with Crippen molar-refractivity contribution in [2.45, 2.75) is 12.2 Å². The number of hydrogen-bond acceptors (Lipinski definition) is 3. The molecule has 0 saturated heterocycles. The summed E-state index contributed by atoms with van der Waals surface area (Å²) in [5, 5.41) is 9.18. The van der Waals surface area contributed by atoms with Gasteiger partial charge in [0.05, 0.1) is 6.07 Å². The second-order valence-corrected chi connectivity index (χ2v) is 4.05. The standard InChI is InChI=1S/C16H15NO2/c1-18-15(12-17)16(13-8-4-2-5-9-13)19-14-10-6-3-7-11-14/h2-11,15-16H,1H3. The van der Waals surface area contributed by atoms with Gasteiger partial charge in [-0.2, -0.15) is 5.26 Å². The van der Waals surface area contributed by atoms with Crippen LogP contribution in [0.25, 0.3) is 0 Å². The molecular weight excluding hydrogens is 238 g/mol. The van der Waals surface area contributed by atoms with Crippen molar-refractivity contribution in [2.24, 2.45) is 0 Å². The number of ether oxygens (including phenoxy) is 2. The molecule has 96 valence electrons. The van der Waals surface area contributed by atoms with Crippen LogP contribution in [0, 0.1) is 11.3 Å². The van der Waals surface area contributed by atoms with Gasteiger partial charge in [-0.05, 0) is 17.7 Å². The Morgan fingerprint density at radius 2 is 1.53 bits per heavy atom. The average molecular weight is 253 g/mol. The van der Waals surface area contributed by atoms with E-state index in [1.807, 2.05) is 60.7 Å². The Morgan fingerprint density at radius 3 is 2.05 bits per heavy atom. The molecule has 19 heavy (non-hydrogen) atoms. The van der Waals surface area contributed by atoms with Crippen molar-refractivity contribution in [1.29, 1.82) is 5.26 Å². The van der Waals surface area contributed by atoms with Crippen LogP contribution in [0.3, 0.4) is 0 Å². The van der Waals surface area contributed by atoms with Crippen molar-refractivity contribution in [3.8, 4) is 11.8 Å². The first kappa shape index (κ1) is 13.1. The third kappa shape index (κ3) is 3.34. The number of benzene rings is 2. The van der Waals surface area contributed by atoms with Gasteiger partial charge in [-0.25, -0.2) is 0 Å². The molecule has 0 aliphatic rings. The first-order valence-corrected chi connectivity index (χ1v) is 6.04. The van der Waals surface area contributed by atoms with Gasteiger partial charge in [-0.15, -0.1) is 0 Å². The van der Waals surface area contributed by atoms with Gasteiger partial charge in [0.15, 0.2) is 12.2 Å². The molecule has 0 fully saturated rings. The van der Waals surface area contributed by atoms with Crippen molar-refractivity contribution >= 4 is 0 Å². The van der Waals surface area contributed by atoms with Crippen LogP contribution in [0.15, 0.2) is 60.7 Å². The molecule has 2 rings (SSSR count). The molecule has 2 atom stereocenters. The molecule has 0 aliphatic carbocycles. The predicted molar refractivity (Wildman–Crippen MR) is 72.7 cm³/mol. The zero-order chi connectivity index (χ0) is 13.5. The lowest BCUT2D eigenvalue weighted by Crippen LogP contribution is -2.24. The number of nitrogens with zero attached hydrogens (tertiary/aromatic N) is 1. The Kier molecular flexibility index (Phi) is 4.54. The predicted octanol–water partition coefficient (Wildman–Crippen LogP) is 3.35. The maximum absolute atomic E-state index is 9.18. The lowest BCUT2D eigenvalue weighted by Gasteiger charge is -2.22. The fraction of sp³-hybridized carbons (Fsp3) is 0.188. The molecular formula is C16H15NO2. The number of rotatable bonds is 5. The van der Waals surface area contributed by atoms with Gasteiger partial charge in [-0.1, -0.05) is 48.5 Å². The molecule has 0 amide bonds. The molecule has 0 spiro atoms. The lowest BCUT2D eigenvalue weighted by molar-refractivity contribution is 0.0356. The Bertz CT molecular complexity index is 534. The Hall–Kier alpha value is -2.31.